The lowest BCUT2D eigenvalue weighted by Crippen LogP contribution is -1.95. The van der Waals surface area contributed by atoms with E-state index in [1.807, 2.05) is 62.4 Å². The highest BCUT2D eigenvalue weighted by atomic mass is 32.2. The van der Waals surface area contributed by atoms with Gasteiger partial charge in [-0.05, 0) is 49.2 Å². The van der Waals surface area contributed by atoms with E-state index in [1.165, 1.54) is 11.8 Å². The second-order valence-corrected chi connectivity index (χ2v) is 6.59. The van der Waals surface area contributed by atoms with Gasteiger partial charge in [-0.15, -0.1) is 0 Å². The van der Waals surface area contributed by atoms with Crippen LogP contribution in [0.3, 0.4) is 0 Å². The van der Waals surface area contributed by atoms with Crippen LogP contribution in [0, 0.1) is 25.2 Å². The predicted octanol–water partition coefficient (Wildman–Crippen LogP) is 5.05. The van der Waals surface area contributed by atoms with E-state index in [2.05, 4.69) is 16.0 Å². The van der Waals surface area contributed by atoms with Crippen LogP contribution in [0.25, 0.3) is 0 Å². The van der Waals surface area contributed by atoms with Crippen molar-refractivity contribution >= 4 is 11.8 Å². The highest BCUT2D eigenvalue weighted by molar-refractivity contribution is 7.98. The lowest BCUT2D eigenvalue weighted by molar-refractivity contribution is 0.454. The molecule has 5 heteroatoms. The minimum absolute atomic E-state index is 0.534. The number of aryl methyl sites for hydroxylation is 2. The first-order valence-electron chi connectivity index (χ1n) is 7.84. The van der Waals surface area contributed by atoms with Crippen molar-refractivity contribution in [3.8, 4) is 17.7 Å². The number of nitriles is 1. The van der Waals surface area contributed by atoms with Gasteiger partial charge >= 0.3 is 0 Å². The lowest BCUT2D eigenvalue weighted by atomic mass is 10.2. The molecule has 25 heavy (non-hydrogen) atoms. The topological polar surface area (TPSA) is 58.8 Å². The van der Waals surface area contributed by atoms with Gasteiger partial charge < -0.3 is 4.74 Å². The molecule has 0 N–H and O–H groups in total. The van der Waals surface area contributed by atoms with Gasteiger partial charge in [-0.2, -0.15) is 10.2 Å². The van der Waals surface area contributed by atoms with Crippen LogP contribution in [-0.4, -0.2) is 9.97 Å². The Balaban J connectivity index is 1.74. The summed E-state index contributed by atoms with van der Waals surface area (Å²) in [6.07, 6.45) is 0. The standard InChI is InChI=1S/C20H17N3OS/c1-14-5-3-8-18(9-14)24-19-10-15(2)22-20(23-19)25-13-17-7-4-6-16(11-17)12-21/h3-11H,13H2,1-2H3. The number of nitrogens with zero attached hydrogens (tertiary/aromatic N) is 3. The normalized spacial score (nSPS) is 10.3. The van der Waals surface area contributed by atoms with Crippen LogP contribution in [0.4, 0.5) is 0 Å². The number of hydrogen-bond acceptors (Lipinski definition) is 5. The molecule has 124 valence electrons. The van der Waals surface area contributed by atoms with E-state index < -0.39 is 0 Å². The van der Waals surface area contributed by atoms with Gasteiger partial charge in [-0.25, -0.2) is 4.98 Å². The fourth-order valence-corrected chi connectivity index (χ4v) is 3.15. The molecule has 0 aliphatic rings. The van der Waals surface area contributed by atoms with Crippen molar-refractivity contribution in [1.82, 2.24) is 9.97 Å². The second kappa shape index (κ2) is 7.82. The summed E-state index contributed by atoms with van der Waals surface area (Å²) in [4.78, 5) is 8.94. The third kappa shape index (κ3) is 4.82. The average molecular weight is 347 g/mol. The van der Waals surface area contributed by atoms with Crippen LogP contribution < -0.4 is 4.74 Å². The van der Waals surface area contributed by atoms with Crippen LogP contribution in [0.2, 0.25) is 0 Å². The summed E-state index contributed by atoms with van der Waals surface area (Å²) in [6.45, 7) is 3.94. The molecule has 0 unspecified atom stereocenters. The van der Waals surface area contributed by atoms with Crippen LogP contribution in [-0.2, 0) is 5.75 Å². The van der Waals surface area contributed by atoms with Crippen LogP contribution in [0.1, 0.15) is 22.4 Å². The Kier molecular flexibility index (Phi) is 5.32. The molecule has 0 amide bonds. The Morgan fingerprint density at radius 1 is 1.04 bits per heavy atom. The summed E-state index contributed by atoms with van der Waals surface area (Å²) in [5.41, 5.74) is 3.71. The molecule has 0 fully saturated rings. The van der Waals surface area contributed by atoms with Gasteiger partial charge in [0.05, 0.1) is 11.6 Å². The van der Waals surface area contributed by atoms with Crippen molar-refractivity contribution in [2.75, 3.05) is 0 Å². The molecule has 0 spiro atoms. The van der Waals surface area contributed by atoms with Crippen molar-refractivity contribution in [1.29, 1.82) is 5.26 Å². The van der Waals surface area contributed by atoms with Crippen molar-refractivity contribution < 1.29 is 4.74 Å². The minimum atomic E-state index is 0.534. The third-order valence-electron chi connectivity index (χ3n) is 3.45. The maximum atomic E-state index is 8.98. The molecule has 0 saturated carbocycles. The van der Waals surface area contributed by atoms with Gasteiger partial charge in [0.25, 0.3) is 0 Å². The van der Waals surface area contributed by atoms with E-state index >= 15 is 0 Å². The summed E-state index contributed by atoms with van der Waals surface area (Å²) in [7, 11) is 0. The Morgan fingerprint density at radius 3 is 2.68 bits per heavy atom. The first-order chi connectivity index (χ1) is 12.1. The quantitative estimate of drug-likeness (QED) is 0.477. The summed E-state index contributed by atoms with van der Waals surface area (Å²) < 4.78 is 5.86. The first kappa shape index (κ1) is 17.0. The number of thioether (sulfide) groups is 1. The SMILES string of the molecule is Cc1cccc(Oc2cc(C)nc(SCc3cccc(C#N)c3)n2)c1. The van der Waals surface area contributed by atoms with Gasteiger partial charge in [0, 0.05) is 17.5 Å². The molecular formula is C20H17N3OS. The molecular weight excluding hydrogens is 330 g/mol. The summed E-state index contributed by atoms with van der Waals surface area (Å²) in [5.74, 6) is 1.99. The van der Waals surface area contributed by atoms with E-state index in [0.29, 0.717) is 22.4 Å². The summed E-state index contributed by atoms with van der Waals surface area (Å²) >= 11 is 1.52. The molecule has 4 nitrogen and oxygen atoms in total. The average Bonchev–Trinajstić information content (AvgIpc) is 2.60. The van der Waals surface area contributed by atoms with E-state index in [-0.39, 0.29) is 0 Å². The third-order valence-corrected chi connectivity index (χ3v) is 4.36. The molecule has 1 heterocycles. The van der Waals surface area contributed by atoms with Crippen molar-refractivity contribution in [3.05, 3.63) is 77.0 Å². The summed E-state index contributed by atoms with van der Waals surface area (Å²) in [6, 6.07) is 19.4. The fourth-order valence-electron chi connectivity index (χ4n) is 2.31. The van der Waals surface area contributed by atoms with Crippen LogP contribution >= 0.6 is 11.8 Å². The zero-order valence-electron chi connectivity index (χ0n) is 14.1. The number of benzene rings is 2. The Bertz CT molecular complexity index is 934. The molecule has 0 aliphatic heterocycles. The fraction of sp³-hybridized carbons (Fsp3) is 0.150. The monoisotopic (exact) mass is 347 g/mol. The lowest BCUT2D eigenvalue weighted by Gasteiger charge is -2.08. The number of ether oxygens (including phenoxy) is 1. The minimum Gasteiger partial charge on any atom is -0.439 e. The van der Waals surface area contributed by atoms with Gasteiger partial charge in [-0.1, -0.05) is 36.0 Å². The van der Waals surface area contributed by atoms with E-state index in [1.54, 1.807) is 6.07 Å². The molecule has 3 aromatic rings. The Labute approximate surface area is 151 Å². The Morgan fingerprint density at radius 2 is 1.88 bits per heavy atom. The largest absolute Gasteiger partial charge is 0.439 e. The zero-order chi connectivity index (χ0) is 17.6. The molecule has 0 radical (unpaired) electrons. The van der Waals surface area contributed by atoms with Crippen molar-refractivity contribution in [3.63, 3.8) is 0 Å². The van der Waals surface area contributed by atoms with Crippen LogP contribution in [0.15, 0.2) is 59.8 Å². The molecule has 1 aromatic heterocycles. The summed E-state index contributed by atoms with van der Waals surface area (Å²) in [5, 5.41) is 9.64. The zero-order valence-corrected chi connectivity index (χ0v) is 14.9. The van der Waals surface area contributed by atoms with Gasteiger partial charge in [-0.3, -0.25) is 0 Å². The number of rotatable bonds is 5. The van der Waals surface area contributed by atoms with Crippen molar-refractivity contribution in [2.45, 2.75) is 24.8 Å². The number of aromatic nitrogens is 2. The van der Waals surface area contributed by atoms with Gasteiger partial charge in [0.2, 0.25) is 5.88 Å². The molecule has 0 atom stereocenters. The van der Waals surface area contributed by atoms with Gasteiger partial charge in [0.15, 0.2) is 5.16 Å². The maximum Gasteiger partial charge on any atom is 0.223 e. The second-order valence-electron chi connectivity index (χ2n) is 5.65. The first-order valence-corrected chi connectivity index (χ1v) is 8.83. The predicted molar refractivity (Wildman–Crippen MR) is 98.7 cm³/mol. The molecule has 3 rings (SSSR count). The van der Waals surface area contributed by atoms with Crippen LogP contribution in [0.5, 0.6) is 11.6 Å². The van der Waals surface area contributed by atoms with E-state index in [4.69, 9.17) is 10.00 Å². The molecule has 0 bridgehead atoms. The van der Waals surface area contributed by atoms with E-state index in [0.717, 1.165) is 22.6 Å². The molecule has 0 aliphatic carbocycles. The van der Waals surface area contributed by atoms with E-state index in [9.17, 15) is 0 Å². The highest BCUT2D eigenvalue weighted by Gasteiger charge is 2.06. The smallest absolute Gasteiger partial charge is 0.223 e. The molecule has 0 saturated heterocycles. The van der Waals surface area contributed by atoms with Gasteiger partial charge in [0.1, 0.15) is 5.75 Å². The number of hydrogen-bond donors (Lipinski definition) is 0. The van der Waals surface area contributed by atoms with Crippen molar-refractivity contribution in [2.24, 2.45) is 0 Å². The maximum absolute atomic E-state index is 8.98. The molecule has 2 aromatic carbocycles. The Hall–Kier alpha value is -2.84. The highest BCUT2D eigenvalue weighted by Crippen LogP contribution is 2.25.